The number of rotatable bonds is 2. The van der Waals surface area contributed by atoms with E-state index < -0.39 is 0 Å². The van der Waals surface area contributed by atoms with Crippen LogP contribution in [-0.2, 0) is 6.54 Å². The molecule has 0 spiro atoms. The summed E-state index contributed by atoms with van der Waals surface area (Å²) in [5, 5.41) is 4.45. The van der Waals surface area contributed by atoms with E-state index in [1.54, 1.807) is 6.20 Å². The van der Waals surface area contributed by atoms with Crippen molar-refractivity contribution in [3.63, 3.8) is 0 Å². The van der Waals surface area contributed by atoms with Crippen molar-refractivity contribution in [2.75, 3.05) is 0 Å². The molecule has 0 amide bonds. The van der Waals surface area contributed by atoms with E-state index in [1.165, 1.54) is 0 Å². The Kier molecular flexibility index (Phi) is 2.65. The number of aromatic nitrogens is 4. The zero-order valence-corrected chi connectivity index (χ0v) is 10.6. The highest BCUT2D eigenvalue weighted by atomic mass is 79.9. The maximum absolute atomic E-state index is 4.45. The Morgan fingerprint density at radius 1 is 1.40 bits per heavy atom. The Labute approximate surface area is 97.1 Å². The molecular weight excluding hydrogens is 256 g/mol. The van der Waals surface area contributed by atoms with Gasteiger partial charge in [-0.25, -0.2) is 9.67 Å². The van der Waals surface area contributed by atoms with Crippen LogP contribution in [0.1, 0.15) is 18.3 Å². The van der Waals surface area contributed by atoms with Gasteiger partial charge < -0.3 is 4.57 Å². The second-order valence-electron chi connectivity index (χ2n) is 3.41. The third kappa shape index (κ3) is 1.61. The lowest BCUT2D eigenvalue weighted by atomic mass is 10.4. The van der Waals surface area contributed by atoms with Gasteiger partial charge >= 0.3 is 0 Å². The van der Waals surface area contributed by atoms with Gasteiger partial charge in [-0.3, -0.25) is 0 Å². The van der Waals surface area contributed by atoms with Crippen molar-refractivity contribution in [2.24, 2.45) is 0 Å². The highest BCUT2D eigenvalue weighted by Crippen LogP contribution is 2.22. The zero-order valence-electron chi connectivity index (χ0n) is 9.03. The highest BCUT2D eigenvalue weighted by molar-refractivity contribution is 9.10. The monoisotopic (exact) mass is 268 g/mol. The third-order valence-corrected chi connectivity index (χ3v) is 3.57. The molecule has 2 aromatic heterocycles. The van der Waals surface area contributed by atoms with Crippen molar-refractivity contribution >= 4 is 15.9 Å². The summed E-state index contributed by atoms with van der Waals surface area (Å²) in [7, 11) is 0. The summed E-state index contributed by atoms with van der Waals surface area (Å²) < 4.78 is 4.97. The van der Waals surface area contributed by atoms with Crippen LogP contribution < -0.4 is 0 Å². The van der Waals surface area contributed by atoms with Crippen molar-refractivity contribution in [3.8, 4) is 5.95 Å². The molecule has 15 heavy (non-hydrogen) atoms. The molecule has 4 nitrogen and oxygen atoms in total. The summed E-state index contributed by atoms with van der Waals surface area (Å²) in [6.07, 6.45) is 3.75. The van der Waals surface area contributed by atoms with E-state index in [1.807, 2.05) is 24.7 Å². The smallest absolute Gasteiger partial charge is 0.230 e. The quantitative estimate of drug-likeness (QED) is 0.839. The van der Waals surface area contributed by atoms with Gasteiger partial charge in [0.15, 0.2) is 0 Å². The van der Waals surface area contributed by atoms with Crippen molar-refractivity contribution in [1.82, 2.24) is 19.3 Å². The predicted octanol–water partition coefficient (Wildman–Crippen LogP) is 2.47. The van der Waals surface area contributed by atoms with Gasteiger partial charge in [-0.2, -0.15) is 5.10 Å². The van der Waals surface area contributed by atoms with Gasteiger partial charge in [0, 0.05) is 18.9 Å². The van der Waals surface area contributed by atoms with Crippen LogP contribution in [0.5, 0.6) is 0 Å². The number of hydrogen-bond donors (Lipinski definition) is 0. The van der Waals surface area contributed by atoms with Crippen LogP contribution in [0.2, 0.25) is 0 Å². The summed E-state index contributed by atoms with van der Waals surface area (Å²) in [4.78, 5) is 4.32. The molecule has 2 rings (SSSR count). The largest absolute Gasteiger partial charge is 0.316 e. The first-order valence-corrected chi connectivity index (χ1v) is 5.67. The average Bonchev–Trinajstić information content (AvgIpc) is 2.78. The standard InChI is InChI=1S/C10H13BrN4/c1-4-14-6-5-12-10(14)15-8(3)9(11)7(2)13-15/h5-6H,4H2,1-3H3. The zero-order chi connectivity index (χ0) is 11.0. The van der Waals surface area contributed by atoms with Crippen molar-refractivity contribution in [2.45, 2.75) is 27.3 Å². The number of hydrogen-bond acceptors (Lipinski definition) is 2. The number of aryl methyl sites for hydroxylation is 2. The van der Waals surface area contributed by atoms with Crippen molar-refractivity contribution in [1.29, 1.82) is 0 Å². The second kappa shape index (κ2) is 3.81. The fourth-order valence-electron chi connectivity index (χ4n) is 1.56. The Hall–Kier alpha value is -1.10. The molecule has 0 atom stereocenters. The number of imidazole rings is 1. The summed E-state index contributed by atoms with van der Waals surface area (Å²) in [5.41, 5.74) is 2.06. The van der Waals surface area contributed by atoms with Gasteiger partial charge in [-0.05, 0) is 36.7 Å². The average molecular weight is 269 g/mol. The molecule has 0 fully saturated rings. The Balaban J connectivity index is 2.59. The molecule has 2 heterocycles. The Morgan fingerprint density at radius 3 is 2.67 bits per heavy atom. The molecule has 0 aliphatic heterocycles. The molecular formula is C10H13BrN4. The molecule has 0 aliphatic rings. The van der Waals surface area contributed by atoms with E-state index >= 15 is 0 Å². The van der Waals surface area contributed by atoms with E-state index in [4.69, 9.17) is 0 Å². The van der Waals surface area contributed by atoms with Crippen LogP contribution in [0.3, 0.4) is 0 Å². The molecule has 0 aliphatic carbocycles. The second-order valence-corrected chi connectivity index (χ2v) is 4.20. The molecule has 0 bridgehead atoms. The maximum atomic E-state index is 4.45. The van der Waals surface area contributed by atoms with Crippen LogP contribution in [0.4, 0.5) is 0 Å². The van der Waals surface area contributed by atoms with Gasteiger partial charge in [-0.15, -0.1) is 0 Å². The van der Waals surface area contributed by atoms with Gasteiger partial charge in [0.1, 0.15) is 0 Å². The van der Waals surface area contributed by atoms with Crippen LogP contribution in [0.15, 0.2) is 16.9 Å². The molecule has 0 saturated heterocycles. The lowest BCUT2D eigenvalue weighted by molar-refractivity contribution is 0.673. The number of nitrogens with zero attached hydrogens (tertiary/aromatic N) is 4. The van der Waals surface area contributed by atoms with Crippen LogP contribution >= 0.6 is 15.9 Å². The first kappa shape index (κ1) is 10.4. The van der Waals surface area contributed by atoms with Crippen LogP contribution in [-0.4, -0.2) is 19.3 Å². The van der Waals surface area contributed by atoms with Gasteiger partial charge in [0.05, 0.1) is 15.9 Å². The maximum Gasteiger partial charge on any atom is 0.230 e. The fourth-order valence-corrected chi connectivity index (χ4v) is 1.81. The Morgan fingerprint density at radius 2 is 2.13 bits per heavy atom. The minimum absolute atomic E-state index is 0.865. The molecule has 2 aromatic rings. The lowest BCUT2D eigenvalue weighted by Crippen LogP contribution is -2.08. The lowest BCUT2D eigenvalue weighted by Gasteiger charge is -2.05. The molecule has 0 saturated carbocycles. The molecule has 80 valence electrons. The van der Waals surface area contributed by atoms with E-state index in [2.05, 4.69) is 37.5 Å². The first-order valence-electron chi connectivity index (χ1n) is 4.88. The number of halogens is 1. The van der Waals surface area contributed by atoms with E-state index in [0.717, 1.165) is 28.4 Å². The summed E-state index contributed by atoms with van der Waals surface area (Å²) in [6.45, 7) is 6.99. The molecule has 5 heteroatoms. The molecule has 0 unspecified atom stereocenters. The summed E-state index contributed by atoms with van der Waals surface area (Å²) in [5.74, 6) is 0.865. The summed E-state index contributed by atoms with van der Waals surface area (Å²) in [6, 6.07) is 0. The topological polar surface area (TPSA) is 35.6 Å². The predicted molar refractivity (Wildman–Crippen MR) is 62.2 cm³/mol. The minimum Gasteiger partial charge on any atom is -0.316 e. The van der Waals surface area contributed by atoms with E-state index in [0.29, 0.717) is 0 Å². The third-order valence-electron chi connectivity index (χ3n) is 2.43. The molecule has 0 radical (unpaired) electrons. The first-order chi connectivity index (χ1) is 7.15. The van der Waals surface area contributed by atoms with E-state index in [9.17, 15) is 0 Å². The molecule has 0 aromatic carbocycles. The molecule has 0 N–H and O–H groups in total. The van der Waals surface area contributed by atoms with Gasteiger partial charge in [-0.1, -0.05) is 0 Å². The highest BCUT2D eigenvalue weighted by Gasteiger charge is 2.13. The minimum atomic E-state index is 0.865. The van der Waals surface area contributed by atoms with Crippen LogP contribution in [0.25, 0.3) is 5.95 Å². The van der Waals surface area contributed by atoms with Gasteiger partial charge in [0.2, 0.25) is 5.95 Å². The normalized spacial score (nSPS) is 10.9. The summed E-state index contributed by atoms with van der Waals surface area (Å²) >= 11 is 3.51. The van der Waals surface area contributed by atoms with Crippen LogP contribution in [0, 0.1) is 13.8 Å². The fraction of sp³-hybridized carbons (Fsp3) is 0.400. The van der Waals surface area contributed by atoms with Crippen molar-refractivity contribution < 1.29 is 0 Å². The van der Waals surface area contributed by atoms with Crippen molar-refractivity contribution in [3.05, 3.63) is 28.3 Å². The van der Waals surface area contributed by atoms with E-state index in [-0.39, 0.29) is 0 Å². The SMILES string of the molecule is CCn1ccnc1-n1nc(C)c(Br)c1C. The Bertz CT molecular complexity index is 484. The van der Waals surface area contributed by atoms with Gasteiger partial charge in [0.25, 0.3) is 0 Å².